The van der Waals surface area contributed by atoms with Gasteiger partial charge in [0, 0.05) is 17.3 Å². The van der Waals surface area contributed by atoms with Gasteiger partial charge in [0.1, 0.15) is 0 Å². The topological polar surface area (TPSA) is 12.0 Å². The second-order valence-electron chi connectivity index (χ2n) is 5.99. The van der Waals surface area contributed by atoms with Gasteiger partial charge in [-0.2, -0.15) is 11.8 Å². The molecule has 1 aromatic rings. The minimum Gasteiger partial charge on any atom is -0.309 e. The maximum atomic E-state index is 3.76. The normalized spacial score (nSPS) is 13.6. The summed E-state index contributed by atoms with van der Waals surface area (Å²) in [5.74, 6) is 0. The van der Waals surface area contributed by atoms with Crippen molar-refractivity contribution in [3.05, 3.63) is 34.4 Å². The molecule has 0 fully saturated rings. The standard InChI is InChI=1S/C18H31NS/c1-8-18(9-2,20-7)12-19-16(6)17-11-14(4)13(3)10-15(17)5/h10-11,16,19H,8-9,12H2,1-7H3. The molecule has 2 heteroatoms. The Morgan fingerprint density at radius 3 is 2.10 bits per heavy atom. The van der Waals surface area contributed by atoms with E-state index in [0.29, 0.717) is 10.8 Å². The van der Waals surface area contributed by atoms with Crippen molar-refractivity contribution in [2.75, 3.05) is 12.8 Å². The van der Waals surface area contributed by atoms with Gasteiger partial charge in [-0.25, -0.2) is 0 Å². The molecule has 1 atom stereocenters. The molecule has 0 radical (unpaired) electrons. The third-order valence-electron chi connectivity index (χ3n) is 4.80. The molecule has 20 heavy (non-hydrogen) atoms. The molecular weight excluding hydrogens is 262 g/mol. The van der Waals surface area contributed by atoms with E-state index in [9.17, 15) is 0 Å². The highest BCUT2D eigenvalue weighted by molar-refractivity contribution is 8.00. The Morgan fingerprint density at radius 2 is 1.60 bits per heavy atom. The molecule has 1 aromatic carbocycles. The SMILES string of the molecule is CCC(CC)(CNC(C)c1cc(C)c(C)cc1C)SC. The van der Waals surface area contributed by atoms with Crippen LogP contribution in [0.5, 0.6) is 0 Å². The van der Waals surface area contributed by atoms with Gasteiger partial charge in [0.25, 0.3) is 0 Å². The van der Waals surface area contributed by atoms with Crippen LogP contribution in [0.15, 0.2) is 12.1 Å². The van der Waals surface area contributed by atoms with Gasteiger partial charge in [-0.05, 0) is 69.0 Å². The quantitative estimate of drug-likeness (QED) is 0.743. The zero-order valence-corrected chi connectivity index (χ0v) is 15.1. The van der Waals surface area contributed by atoms with Gasteiger partial charge >= 0.3 is 0 Å². The number of thioether (sulfide) groups is 1. The van der Waals surface area contributed by atoms with Gasteiger partial charge < -0.3 is 5.32 Å². The Kier molecular flexibility index (Phi) is 6.60. The molecule has 1 nitrogen and oxygen atoms in total. The second-order valence-corrected chi connectivity index (χ2v) is 7.26. The zero-order valence-electron chi connectivity index (χ0n) is 14.3. The van der Waals surface area contributed by atoms with Crippen molar-refractivity contribution in [3.8, 4) is 0 Å². The first-order chi connectivity index (χ1) is 9.39. The summed E-state index contributed by atoms with van der Waals surface area (Å²) in [5, 5.41) is 3.76. The summed E-state index contributed by atoms with van der Waals surface area (Å²) in [6, 6.07) is 5.07. The van der Waals surface area contributed by atoms with Crippen LogP contribution in [-0.4, -0.2) is 17.5 Å². The first-order valence-corrected chi connectivity index (χ1v) is 8.97. The van der Waals surface area contributed by atoms with E-state index in [-0.39, 0.29) is 0 Å². The van der Waals surface area contributed by atoms with Crippen molar-refractivity contribution in [2.45, 2.75) is 65.2 Å². The molecule has 0 aliphatic rings. The van der Waals surface area contributed by atoms with E-state index < -0.39 is 0 Å². The van der Waals surface area contributed by atoms with Crippen LogP contribution < -0.4 is 5.32 Å². The molecule has 0 aliphatic carbocycles. The number of nitrogens with one attached hydrogen (secondary N) is 1. The van der Waals surface area contributed by atoms with Gasteiger partial charge in [-0.15, -0.1) is 0 Å². The third kappa shape index (κ3) is 4.02. The van der Waals surface area contributed by atoms with E-state index in [0.717, 1.165) is 6.54 Å². The van der Waals surface area contributed by atoms with E-state index in [1.54, 1.807) is 0 Å². The molecule has 0 aromatic heterocycles. The van der Waals surface area contributed by atoms with Crippen LogP contribution in [0.2, 0.25) is 0 Å². The zero-order chi connectivity index (χ0) is 15.3. The average Bonchev–Trinajstić information content (AvgIpc) is 2.44. The summed E-state index contributed by atoms with van der Waals surface area (Å²) in [7, 11) is 0. The summed E-state index contributed by atoms with van der Waals surface area (Å²) in [5.41, 5.74) is 5.62. The van der Waals surface area contributed by atoms with E-state index in [4.69, 9.17) is 0 Å². The molecule has 0 aliphatic heterocycles. The molecule has 0 spiro atoms. The van der Waals surface area contributed by atoms with Crippen LogP contribution in [0.3, 0.4) is 0 Å². The highest BCUT2D eigenvalue weighted by atomic mass is 32.2. The molecule has 1 rings (SSSR count). The molecule has 0 amide bonds. The lowest BCUT2D eigenvalue weighted by Crippen LogP contribution is -2.37. The minimum atomic E-state index is 0.377. The number of aryl methyl sites for hydroxylation is 3. The molecule has 114 valence electrons. The van der Waals surface area contributed by atoms with Gasteiger partial charge in [-0.1, -0.05) is 26.0 Å². The number of hydrogen-bond acceptors (Lipinski definition) is 2. The van der Waals surface area contributed by atoms with Crippen LogP contribution in [0.1, 0.15) is 61.9 Å². The highest BCUT2D eigenvalue weighted by Crippen LogP contribution is 2.31. The molecule has 0 heterocycles. The van der Waals surface area contributed by atoms with Crippen LogP contribution in [0.25, 0.3) is 0 Å². The van der Waals surface area contributed by atoms with Gasteiger partial charge in [-0.3, -0.25) is 0 Å². The summed E-state index contributed by atoms with van der Waals surface area (Å²) in [6.45, 7) is 14.6. The summed E-state index contributed by atoms with van der Waals surface area (Å²) in [6.07, 6.45) is 4.67. The van der Waals surface area contributed by atoms with E-state index in [1.165, 1.54) is 35.1 Å². The molecule has 1 N–H and O–H groups in total. The Hall–Kier alpha value is -0.470. The fourth-order valence-corrected chi connectivity index (χ4v) is 3.56. The van der Waals surface area contributed by atoms with Gasteiger partial charge in [0.15, 0.2) is 0 Å². The lowest BCUT2D eigenvalue weighted by Gasteiger charge is -2.32. The third-order valence-corrected chi connectivity index (χ3v) is 6.39. The lowest BCUT2D eigenvalue weighted by atomic mass is 9.95. The van der Waals surface area contributed by atoms with Gasteiger partial charge in [0.2, 0.25) is 0 Å². The lowest BCUT2D eigenvalue weighted by molar-refractivity contribution is 0.459. The van der Waals surface area contributed by atoms with Crippen LogP contribution in [-0.2, 0) is 0 Å². The van der Waals surface area contributed by atoms with Crippen molar-refractivity contribution in [1.82, 2.24) is 5.32 Å². The maximum Gasteiger partial charge on any atom is 0.0295 e. The highest BCUT2D eigenvalue weighted by Gasteiger charge is 2.25. The first-order valence-electron chi connectivity index (χ1n) is 7.75. The van der Waals surface area contributed by atoms with Crippen molar-refractivity contribution >= 4 is 11.8 Å². The van der Waals surface area contributed by atoms with Crippen molar-refractivity contribution in [1.29, 1.82) is 0 Å². The largest absolute Gasteiger partial charge is 0.309 e. The van der Waals surface area contributed by atoms with E-state index >= 15 is 0 Å². The molecule has 0 saturated carbocycles. The van der Waals surface area contributed by atoms with E-state index in [1.807, 2.05) is 11.8 Å². The molecule has 0 saturated heterocycles. The molecule has 0 bridgehead atoms. The fraction of sp³-hybridized carbons (Fsp3) is 0.667. The number of rotatable bonds is 7. The summed E-state index contributed by atoms with van der Waals surface area (Å²) < 4.78 is 0.377. The molecular formula is C18H31NS. The Morgan fingerprint density at radius 1 is 1.05 bits per heavy atom. The fourth-order valence-electron chi connectivity index (χ4n) is 2.76. The van der Waals surface area contributed by atoms with Crippen LogP contribution in [0, 0.1) is 20.8 Å². The van der Waals surface area contributed by atoms with Crippen molar-refractivity contribution in [3.63, 3.8) is 0 Å². The average molecular weight is 294 g/mol. The Labute approximate surface area is 129 Å². The molecule has 1 unspecified atom stereocenters. The smallest absolute Gasteiger partial charge is 0.0295 e. The van der Waals surface area contributed by atoms with Crippen molar-refractivity contribution < 1.29 is 0 Å². The maximum absolute atomic E-state index is 3.76. The Bertz CT molecular complexity index is 427. The second kappa shape index (κ2) is 7.51. The first kappa shape index (κ1) is 17.6. The Balaban J connectivity index is 2.81. The summed E-state index contributed by atoms with van der Waals surface area (Å²) >= 11 is 2.00. The van der Waals surface area contributed by atoms with Crippen LogP contribution in [0.4, 0.5) is 0 Å². The summed E-state index contributed by atoms with van der Waals surface area (Å²) in [4.78, 5) is 0. The van der Waals surface area contributed by atoms with Gasteiger partial charge in [0.05, 0.1) is 0 Å². The minimum absolute atomic E-state index is 0.377. The monoisotopic (exact) mass is 293 g/mol. The number of hydrogen-bond donors (Lipinski definition) is 1. The number of benzene rings is 1. The predicted molar refractivity (Wildman–Crippen MR) is 93.9 cm³/mol. The predicted octanol–water partition coefficient (Wildman–Crippen LogP) is 5.18. The van der Waals surface area contributed by atoms with Crippen molar-refractivity contribution in [2.24, 2.45) is 0 Å². The van der Waals surface area contributed by atoms with E-state index in [2.05, 4.69) is 65.2 Å². The van der Waals surface area contributed by atoms with Crippen LogP contribution >= 0.6 is 11.8 Å².